The first kappa shape index (κ1) is 22.8. The van der Waals surface area contributed by atoms with Crippen molar-refractivity contribution in [3.63, 3.8) is 0 Å². The van der Waals surface area contributed by atoms with Crippen molar-refractivity contribution in [2.24, 2.45) is 0 Å². The van der Waals surface area contributed by atoms with E-state index in [-0.39, 0.29) is 18.3 Å². The Kier molecular flexibility index (Phi) is 7.23. The van der Waals surface area contributed by atoms with Crippen molar-refractivity contribution >= 4 is 23.4 Å². The highest BCUT2D eigenvalue weighted by Gasteiger charge is 2.15. The molecule has 1 aromatic heterocycles. The fourth-order valence-corrected chi connectivity index (χ4v) is 3.84. The van der Waals surface area contributed by atoms with Crippen LogP contribution in [-0.2, 0) is 11.4 Å². The number of aromatic nitrogens is 3. The normalized spacial score (nSPS) is 12.9. The summed E-state index contributed by atoms with van der Waals surface area (Å²) in [5.74, 6) is 8.99. The molecule has 0 saturated carbocycles. The zero-order valence-electron chi connectivity index (χ0n) is 18.6. The van der Waals surface area contributed by atoms with Crippen LogP contribution >= 0.6 is 11.8 Å². The molecule has 1 aliphatic rings. The second kappa shape index (κ2) is 10.5. The van der Waals surface area contributed by atoms with E-state index >= 15 is 0 Å². The molecule has 0 aliphatic carbocycles. The second-order valence-electron chi connectivity index (χ2n) is 7.83. The molecule has 0 saturated heterocycles. The SMILES string of the molecule is CC(C)c1ccc(OCc2nnc(SCC(=O)Nc3ccc4c(c3)OCCCO4)n2N)cc1. The fourth-order valence-electron chi connectivity index (χ4n) is 3.17. The number of carbonyl (C=O) groups excluding carboxylic acids is 1. The van der Waals surface area contributed by atoms with Crippen LogP contribution in [0.1, 0.15) is 37.6 Å². The van der Waals surface area contributed by atoms with Gasteiger partial charge in [0.05, 0.1) is 19.0 Å². The van der Waals surface area contributed by atoms with Gasteiger partial charge >= 0.3 is 0 Å². The molecule has 0 radical (unpaired) electrons. The maximum Gasteiger partial charge on any atom is 0.234 e. The highest BCUT2D eigenvalue weighted by Crippen LogP contribution is 2.32. The number of ether oxygens (including phenoxy) is 3. The number of fused-ring (bicyclic) bond motifs is 1. The van der Waals surface area contributed by atoms with Crippen LogP contribution in [0.15, 0.2) is 47.6 Å². The van der Waals surface area contributed by atoms with Crippen molar-refractivity contribution in [1.29, 1.82) is 0 Å². The lowest BCUT2D eigenvalue weighted by Crippen LogP contribution is -2.18. The van der Waals surface area contributed by atoms with Crippen LogP contribution in [0.4, 0.5) is 5.69 Å². The summed E-state index contributed by atoms with van der Waals surface area (Å²) in [7, 11) is 0. The second-order valence-corrected chi connectivity index (χ2v) is 8.77. The summed E-state index contributed by atoms with van der Waals surface area (Å²) in [6.45, 7) is 5.66. The third kappa shape index (κ3) is 5.89. The van der Waals surface area contributed by atoms with Gasteiger partial charge in [0.25, 0.3) is 0 Å². The monoisotopic (exact) mass is 469 g/mol. The van der Waals surface area contributed by atoms with Gasteiger partial charge in [-0.25, -0.2) is 4.68 Å². The standard InChI is InChI=1S/C23H27N5O4S/c1-15(2)16-4-7-18(8-5-16)32-13-21-26-27-23(28(21)24)33-14-22(29)25-17-6-9-19-20(12-17)31-11-3-10-30-19/h4-9,12,15H,3,10-11,13-14,24H2,1-2H3,(H,25,29). The van der Waals surface area contributed by atoms with E-state index < -0.39 is 0 Å². The molecular formula is C23H27N5O4S. The summed E-state index contributed by atoms with van der Waals surface area (Å²) in [5, 5.41) is 11.4. The summed E-state index contributed by atoms with van der Waals surface area (Å²) in [6.07, 6.45) is 0.824. The summed E-state index contributed by atoms with van der Waals surface area (Å²) >= 11 is 1.19. The molecule has 3 N–H and O–H groups in total. The fraction of sp³-hybridized carbons (Fsp3) is 0.348. The minimum atomic E-state index is -0.194. The number of anilines is 1. The molecule has 1 amide bonds. The molecule has 33 heavy (non-hydrogen) atoms. The Morgan fingerprint density at radius 3 is 2.67 bits per heavy atom. The van der Waals surface area contributed by atoms with Crippen LogP contribution in [0.5, 0.6) is 17.2 Å². The Morgan fingerprint density at radius 2 is 1.91 bits per heavy atom. The molecule has 3 aromatic rings. The van der Waals surface area contributed by atoms with Crippen LogP contribution in [0.2, 0.25) is 0 Å². The van der Waals surface area contributed by atoms with E-state index in [1.807, 2.05) is 24.3 Å². The number of amides is 1. The summed E-state index contributed by atoms with van der Waals surface area (Å²) in [5.41, 5.74) is 1.88. The van der Waals surface area contributed by atoms with Crippen LogP contribution in [-0.4, -0.2) is 39.7 Å². The third-order valence-corrected chi connectivity index (χ3v) is 5.96. The number of nitrogens with one attached hydrogen (secondary N) is 1. The van der Waals surface area contributed by atoms with E-state index in [0.29, 0.717) is 47.3 Å². The molecule has 174 valence electrons. The Labute approximate surface area is 196 Å². The lowest BCUT2D eigenvalue weighted by Gasteiger charge is -2.10. The zero-order valence-corrected chi connectivity index (χ0v) is 19.4. The van der Waals surface area contributed by atoms with Crippen molar-refractivity contribution in [2.45, 2.75) is 37.9 Å². The Hall–Kier alpha value is -3.40. The van der Waals surface area contributed by atoms with Crippen LogP contribution in [0, 0.1) is 0 Å². The number of nitrogen functional groups attached to an aromatic ring is 1. The number of thioether (sulfide) groups is 1. The van der Waals surface area contributed by atoms with E-state index in [4.69, 9.17) is 20.1 Å². The quantitative estimate of drug-likeness (QED) is 0.380. The minimum Gasteiger partial charge on any atom is -0.490 e. The number of nitrogens with two attached hydrogens (primary N) is 1. The topological polar surface area (TPSA) is 114 Å². The van der Waals surface area contributed by atoms with E-state index in [2.05, 4.69) is 29.4 Å². The first-order valence-electron chi connectivity index (χ1n) is 10.7. The van der Waals surface area contributed by atoms with Crippen molar-refractivity contribution in [3.05, 3.63) is 53.9 Å². The Bertz CT molecular complexity index is 1100. The summed E-state index contributed by atoms with van der Waals surface area (Å²) in [6, 6.07) is 13.3. The van der Waals surface area contributed by atoms with Crippen molar-refractivity contribution in [3.8, 4) is 17.2 Å². The molecule has 0 spiro atoms. The molecule has 2 heterocycles. The van der Waals surface area contributed by atoms with Gasteiger partial charge < -0.3 is 25.4 Å². The van der Waals surface area contributed by atoms with Gasteiger partial charge in [0.2, 0.25) is 11.1 Å². The first-order valence-corrected chi connectivity index (χ1v) is 11.7. The predicted molar refractivity (Wildman–Crippen MR) is 126 cm³/mol. The first-order chi connectivity index (χ1) is 16.0. The molecule has 0 bridgehead atoms. The Balaban J connectivity index is 1.28. The van der Waals surface area contributed by atoms with Crippen molar-refractivity contribution < 1.29 is 19.0 Å². The molecular weight excluding hydrogens is 442 g/mol. The number of carbonyl (C=O) groups is 1. The Morgan fingerprint density at radius 1 is 1.15 bits per heavy atom. The van der Waals surface area contributed by atoms with Crippen molar-refractivity contribution in [2.75, 3.05) is 30.1 Å². The molecule has 0 atom stereocenters. The van der Waals surface area contributed by atoms with Gasteiger partial charge in [-0.15, -0.1) is 10.2 Å². The summed E-state index contributed by atoms with van der Waals surface area (Å²) in [4.78, 5) is 12.4. The van der Waals surface area contributed by atoms with Crippen LogP contribution in [0.25, 0.3) is 0 Å². The zero-order chi connectivity index (χ0) is 23.2. The number of nitrogens with zero attached hydrogens (tertiary/aromatic N) is 3. The number of hydrogen-bond donors (Lipinski definition) is 2. The average molecular weight is 470 g/mol. The summed E-state index contributed by atoms with van der Waals surface area (Å²) < 4.78 is 18.4. The highest BCUT2D eigenvalue weighted by molar-refractivity contribution is 7.99. The molecule has 9 nitrogen and oxygen atoms in total. The van der Waals surface area contributed by atoms with Gasteiger partial charge in [-0.2, -0.15) is 0 Å². The van der Waals surface area contributed by atoms with E-state index in [0.717, 1.165) is 12.2 Å². The predicted octanol–water partition coefficient (Wildman–Crippen LogP) is 3.59. The average Bonchev–Trinajstić information content (AvgIpc) is 3.00. The van der Waals surface area contributed by atoms with E-state index in [9.17, 15) is 4.79 Å². The molecule has 10 heteroatoms. The largest absolute Gasteiger partial charge is 0.490 e. The maximum absolute atomic E-state index is 12.4. The lowest BCUT2D eigenvalue weighted by molar-refractivity contribution is -0.113. The highest BCUT2D eigenvalue weighted by atomic mass is 32.2. The van der Waals surface area contributed by atoms with Crippen LogP contribution < -0.4 is 25.4 Å². The number of rotatable bonds is 8. The maximum atomic E-state index is 12.4. The minimum absolute atomic E-state index is 0.126. The van der Waals surface area contributed by atoms with Crippen molar-refractivity contribution in [1.82, 2.24) is 14.9 Å². The van der Waals surface area contributed by atoms with Gasteiger partial charge in [0, 0.05) is 18.2 Å². The van der Waals surface area contributed by atoms with Crippen LogP contribution in [0.3, 0.4) is 0 Å². The van der Waals surface area contributed by atoms with Gasteiger partial charge in [-0.3, -0.25) is 4.79 Å². The van der Waals surface area contributed by atoms with Gasteiger partial charge in [0.1, 0.15) is 12.4 Å². The molecule has 0 fully saturated rings. The number of benzene rings is 2. The van der Waals surface area contributed by atoms with Gasteiger partial charge in [-0.1, -0.05) is 37.7 Å². The molecule has 2 aromatic carbocycles. The smallest absolute Gasteiger partial charge is 0.234 e. The molecule has 1 aliphatic heterocycles. The molecule has 4 rings (SSSR count). The van der Waals surface area contributed by atoms with Gasteiger partial charge in [-0.05, 0) is 35.7 Å². The van der Waals surface area contributed by atoms with E-state index in [1.54, 1.807) is 18.2 Å². The lowest BCUT2D eigenvalue weighted by atomic mass is 10.0. The molecule has 0 unspecified atom stereocenters. The third-order valence-electron chi connectivity index (χ3n) is 5.01. The van der Waals surface area contributed by atoms with E-state index in [1.165, 1.54) is 22.0 Å². The number of hydrogen-bond acceptors (Lipinski definition) is 8. The van der Waals surface area contributed by atoms with Gasteiger partial charge in [0.15, 0.2) is 17.3 Å².